The Kier molecular flexibility index (Phi) is 6.91. The lowest BCUT2D eigenvalue weighted by Gasteiger charge is -2.37. The van der Waals surface area contributed by atoms with Crippen LogP contribution in [0.25, 0.3) is 0 Å². The minimum absolute atomic E-state index is 0.531. The number of rotatable bonds is 9. The van der Waals surface area contributed by atoms with Crippen LogP contribution in [-0.2, 0) is 6.42 Å². The normalized spacial score (nSPS) is 16.4. The zero-order valence-corrected chi connectivity index (χ0v) is 15.7. The smallest absolute Gasteiger partial charge is 0.122 e. The maximum absolute atomic E-state index is 6.09. The molecule has 0 amide bonds. The molecular formula is C20H34N2O. The highest BCUT2D eigenvalue weighted by molar-refractivity contribution is 5.45. The summed E-state index contributed by atoms with van der Waals surface area (Å²) in [7, 11) is 4.24. The second kappa shape index (κ2) is 8.70. The number of ether oxygens (including phenoxy) is 1. The Hall–Kier alpha value is -1.06. The topological polar surface area (TPSA) is 15.7 Å². The van der Waals surface area contributed by atoms with Gasteiger partial charge in [0.1, 0.15) is 5.75 Å². The summed E-state index contributed by atoms with van der Waals surface area (Å²) in [6.45, 7) is 11.3. The lowest BCUT2D eigenvalue weighted by Crippen LogP contribution is -2.39. The summed E-state index contributed by atoms with van der Waals surface area (Å²) < 4.78 is 6.09. The summed E-state index contributed by atoms with van der Waals surface area (Å²) in [5.74, 6) is 1.09. The van der Waals surface area contributed by atoms with E-state index in [-0.39, 0.29) is 0 Å². The first-order valence-electron chi connectivity index (χ1n) is 9.18. The van der Waals surface area contributed by atoms with Crippen molar-refractivity contribution >= 4 is 0 Å². The van der Waals surface area contributed by atoms with E-state index in [9.17, 15) is 0 Å². The highest BCUT2D eigenvalue weighted by Gasteiger charge is 2.23. The molecular weight excluding hydrogens is 284 g/mol. The summed E-state index contributed by atoms with van der Waals surface area (Å²) in [5, 5.41) is 0. The second-order valence-corrected chi connectivity index (χ2v) is 7.03. The van der Waals surface area contributed by atoms with Crippen molar-refractivity contribution in [2.24, 2.45) is 0 Å². The first-order chi connectivity index (χ1) is 11.0. The van der Waals surface area contributed by atoms with Crippen LogP contribution in [0.4, 0.5) is 0 Å². The standard InChI is InChI=1S/C20H34N2O/c1-6-18-16(2)19(17(3)22-13-9-14-22)10-11-20(18)23-15-8-7-12-21(4)5/h10-11,17H,6-9,12-15H2,1-5H3. The minimum atomic E-state index is 0.531. The molecule has 23 heavy (non-hydrogen) atoms. The van der Waals surface area contributed by atoms with E-state index >= 15 is 0 Å². The van der Waals surface area contributed by atoms with Crippen molar-refractivity contribution < 1.29 is 4.74 Å². The third-order valence-corrected chi connectivity index (χ3v) is 5.10. The summed E-state index contributed by atoms with van der Waals surface area (Å²) in [5.41, 5.74) is 4.29. The molecule has 130 valence electrons. The van der Waals surface area contributed by atoms with Gasteiger partial charge in [0.05, 0.1) is 6.61 Å². The van der Waals surface area contributed by atoms with Gasteiger partial charge in [0, 0.05) is 6.04 Å². The molecule has 0 aromatic heterocycles. The van der Waals surface area contributed by atoms with Crippen LogP contribution in [0, 0.1) is 6.92 Å². The van der Waals surface area contributed by atoms with E-state index in [0.717, 1.165) is 31.7 Å². The molecule has 2 rings (SSSR count). The molecule has 3 nitrogen and oxygen atoms in total. The fourth-order valence-corrected chi connectivity index (χ4v) is 3.41. The number of hydrogen-bond acceptors (Lipinski definition) is 3. The highest BCUT2D eigenvalue weighted by Crippen LogP contribution is 2.33. The van der Waals surface area contributed by atoms with Gasteiger partial charge in [-0.15, -0.1) is 0 Å². The Bertz CT molecular complexity index is 495. The van der Waals surface area contributed by atoms with Crippen molar-refractivity contribution in [3.8, 4) is 5.75 Å². The van der Waals surface area contributed by atoms with Gasteiger partial charge in [-0.25, -0.2) is 0 Å². The van der Waals surface area contributed by atoms with E-state index in [1.54, 1.807) is 0 Å². The lowest BCUT2D eigenvalue weighted by atomic mass is 9.93. The number of likely N-dealkylation sites (tertiary alicyclic amines) is 1. The van der Waals surface area contributed by atoms with Gasteiger partial charge in [0.25, 0.3) is 0 Å². The maximum Gasteiger partial charge on any atom is 0.122 e. The van der Waals surface area contributed by atoms with Gasteiger partial charge < -0.3 is 9.64 Å². The molecule has 1 heterocycles. The molecule has 1 aliphatic heterocycles. The fourth-order valence-electron chi connectivity index (χ4n) is 3.41. The van der Waals surface area contributed by atoms with E-state index in [1.165, 1.54) is 42.6 Å². The SMILES string of the molecule is CCc1c(OCCCCN(C)C)ccc(C(C)N2CCC2)c1C. The van der Waals surface area contributed by atoms with E-state index in [4.69, 9.17) is 4.74 Å². The number of hydrogen-bond donors (Lipinski definition) is 0. The summed E-state index contributed by atoms with van der Waals surface area (Å²) in [4.78, 5) is 4.79. The molecule has 1 aliphatic rings. The van der Waals surface area contributed by atoms with Crippen molar-refractivity contribution in [2.75, 3.05) is 40.3 Å². The van der Waals surface area contributed by atoms with Crippen LogP contribution in [0.1, 0.15) is 55.8 Å². The first kappa shape index (κ1) is 18.3. The number of unbranched alkanes of at least 4 members (excludes halogenated alkanes) is 1. The molecule has 1 aromatic carbocycles. The number of benzene rings is 1. The van der Waals surface area contributed by atoms with Crippen molar-refractivity contribution in [2.45, 2.75) is 52.5 Å². The van der Waals surface area contributed by atoms with Gasteiger partial charge in [-0.1, -0.05) is 13.0 Å². The summed E-state index contributed by atoms with van der Waals surface area (Å²) in [6.07, 6.45) is 4.70. The molecule has 1 atom stereocenters. The van der Waals surface area contributed by atoms with E-state index < -0.39 is 0 Å². The fraction of sp³-hybridized carbons (Fsp3) is 0.700. The predicted octanol–water partition coefficient (Wildman–Crippen LogP) is 4.04. The average molecular weight is 319 g/mol. The Morgan fingerprint density at radius 2 is 1.96 bits per heavy atom. The Labute approximate surface area is 142 Å². The van der Waals surface area contributed by atoms with Crippen LogP contribution in [0.15, 0.2) is 12.1 Å². The molecule has 1 saturated heterocycles. The monoisotopic (exact) mass is 318 g/mol. The van der Waals surface area contributed by atoms with Crippen molar-refractivity contribution in [3.05, 3.63) is 28.8 Å². The second-order valence-electron chi connectivity index (χ2n) is 7.03. The van der Waals surface area contributed by atoms with Gasteiger partial charge in [-0.3, -0.25) is 4.90 Å². The van der Waals surface area contributed by atoms with Crippen LogP contribution in [0.2, 0.25) is 0 Å². The Morgan fingerprint density at radius 3 is 2.52 bits per heavy atom. The average Bonchev–Trinajstić information content (AvgIpc) is 2.44. The van der Waals surface area contributed by atoms with Gasteiger partial charge in [0.15, 0.2) is 0 Å². The number of nitrogens with zero attached hydrogens (tertiary/aromatic N) is 2. The molecule has 1 fully saturated rings. The van der Waals surface area contributed by atoms with Crippen molar-refractivity contribution in [3.63, 3.8) is 0 Å². The maximum atomic E-state index is 6.09. The third-order valence-electron chi connectivity index (χ3n) is 5.10. The van der Waals surface area contributed by atoms with Crippen molar-refractivity contribution in [1.82, 2.24) is 9.80 Å². The Morgan fingerprint density at radius 1 is 1.22 bits per heavy atom. The lowest BCUT2D eigenvalue weighted by molar-refractivity contribution is 0.128. The Balaban J connectivity index is 1.99. The van der Waals surface area contributed by atoms with Gasteiger partial charge in [-0.2, -0.15) is 0 Å². The summed E-state index contributed by atoms with van der Waals surface area (Å²) >= 11 is 0. The minimum Gasteiger partial charge on any atom is -0.493 e. The van der Waals surface area contributed by atoms with E-state index in [1.807, 2.05) is 0 Å². The molecule has 3 heteroatoms. The van der Waals surface area contributed by atoms with Crippen LogP contribution in [-0.4, -0.2) is 50.1 Å². The quantitative estimate of drug-likeness (QED) is 0.639. The highest BCUT2D eigenvalue weighted by atomic mass is 16.5. The van der Waals surface area contributed by atoms with Gasteiger partial charge >= 0.3 is 0 Å². The molecule has 0 aliphatic carbocycles. The van der Waals surface area contributed by atoms with Gasteiger partial charge in [0.2, 0.25) is 0 Å². The molecule has 0 saturated carbocycles. The molecule has 0 spiro atoms. The van der Waals surface area contributed by atoms with Crippen LogP contribution < -0.4 is 4.74 Å². The molecule has 0 radical (unpaired) electrons. The van der Waals surface area contributed by atoms with Crippen LogP contribution >= 0.6 is 0 Å². The van der Waals surface area contributed by atoms with Crippen LogP contribution in [0.3, 0.4) is 0 Å². The zero-order valence-electron chi connectivity index (χ0n) is 15.7. The molecule has 1 aromatic rings. The van der Waals surface area contributed by atoms with Gasteiger partial charge in [-0.05, 0) is 96.0 Å². The largest absolute Gasteiger partial charge is 0.493 e. The van der Waals surface area contributed by atoms with E-state index in [0.29, 0.717) is 6.04 Å². The molecule has 0 bridgehead atoms. The third kappa shape index (κ3) is 4.71. The molecule has 0 N–H and O–H groups in total. The molecule has 1 unspecified atom stereocenters. The first-order valence-corrected chi connectivity index (χ1v) is 9.18. The van der Waals surface area contributed by atoms with Crippen molar-refractivity contribution in [1.29, 1.82) is 0 Å². The summed E-state index contributed by atoms with van der Waals surface area (Å²) in [6, 6.07) is 5.01. The van der Waals surface area contributed by atoms with Crippen LogP contribution in [0.5, 0.6) is 5.75 Å². The predicted molar refractivity (Wildman–Crippen MR) is 98.4 cm³/mol. The van der Waals surface area contributed by atoms with E-state index in [2.05, 4.69) is 56.8 Å². The zero-order chi connectivity index (χ0) is 16.8.